The first-order chi connectivity index (χ1) is 9.13. The molecule has 0 radical (unpaired) electrons. The van der Waals surface area contributed by atoms with E-state index in [4.69, 9.17) is 9.84 Å². The fraction of sp³-hybridized carbons (Fsp3) is 0.857. The first-order valence-corrected chi connectivity index (χ1v) is 7.32. The van der Waals surface area contributed by atoms with Gasteiger partial charge < -0.3 is 14.7 Å². The molecule has 1 aliphatic carbocycles. The zero-order valence-corrected chi connectivity index (χ0v) is 11.5. The molecule has 0 aromatic rings. The maximum atomic E-state index is 12.4. The molecule has 2 aliphatic rings. The first-order valence-electron chi connectivity index (χ1n) is 7.32. The van der Waals surface area contributed by atoms with E-state index in [1.165, 1.54) is 4.90 Å². The lowest BCUT2D eigenvalue weighted by Gasteiger charge is -2.28. The average molecular weight is 269 g/mol. The first kappa shape index (κ1) is 14.3. The maximum absolute atomic E-state index is 12.4. The van der Waals surface area contributed by atoms with E-state index >= 15 is 0 Å². The Labute approximate surface area is 113 Å². The van der Waals surface area contributed by atoms with Crippen molar-refractivity contribution in [2.24, 2.45) is 0 Å². The van der Waals surface area contributed by atoms with E-state index in [1.54, 1.807) is 0 Å². The molecule has 0 spiro atoms. The number of aliphatic carboxylic acids is 1. The Morgan fingerprint density at radius 2 is 1.95 bits per heavy atom. The third kappa shape index (κ3) is 3.26. The van der Waals surface area contributed by atoms with Gasteiger partial charge in [0.2, 0.25) is 0 Å². The number of carboxylic acids is 1. The van der Waals surface area contributed by atoms with E-state index in [9.17, 15) is 9.59 Å². The van der Waals surface area contributed by atoms with Gasteiger partial charge in [-0.05, 0) is 32.1 Å². The summed E-state index contributed by atoms with van der Waals surface area (Å²) in [4.78, 5) is 25.0. The number of hydrogen-bond donors (Lipinski definition) is 1. The van der Waals surface area contributed by atoms with Crippen molar-refractivity contribution in [2.75, 3.05) is 6.54 Å². The van der Waals surface area contributed by atoms with Crippen LogP contribution in [0, 0.1) is 0 Å². The topological polar surface area (TPSA) is 66.8 Å². The Morgan fingerprint density at radius 1 is 1.26 bits per heavy atom. The molecule has 2 rings (SSSR count). The van der Waals surface area contributed by atoms with Gasteiger partial charge in [0.15, 0.2) is 0 Å². The van der Waals surface area contributed by atoms with E-state index in [-0.39, 0.29) is 12.0 Å². The highest BCUT2D eigenvalue weighted by Crippen LogP contribution is 2.25. The third-order valence-electron chi connectivity index (χ3n) is 4.13. The van der Waals surface area contributed by atoms with Gasteiger partial charge in [-0.3, -0.25) is 4.79 Å². The van der Waals surface area contributed by atoms with E-state index in [1.807, 2.05) is 6.92 Å². The molecule has 108 valence electrons. The molecule has 0 aromatic heterocycles. The number of likely N-dealkylation sites (tertiary alicyclic amines) is 1. The monoisotopic (exact) mass is 269 g/mol. The summed E-state index contributed by atoms with van der Waals surface area (Å²) in [5.74, 6) is -1.04. The van der Waals surface area contributed by atoms with Gasteiger partial charge in [-0.1, -0.05) is 19.8 Å². The van der Waals surface area contributed by atoms with Crippen LogP contribution in [0.3, 0.4) is 0 Å². The van der Waals surface area contributed by atoms with Crippen LogP contribution in [0.15, 0.2) is 0 Å². The van der Waals surface area contributed by atoms with Crippen molar-refractivity contribution in [3.8, 4) is 0 Å². The molecule has 1 aliphatic heterocycles. The van der Waals surface area contributed by atoms with Gasteiger partial charge in [0.1, 0.15) is 12.1 Å². The highest BCUT2D eigenvalue weighted by molar-refractivity contribution is 5.87. The number of ether oxygens (including phenoxy) is 1. The van der Waals surface area contributed by atoms with Crippen LogP contribution in [0.4, 0.5) is 0 Å². The summed E-state index contributed by atoms with van der Waals surface area (Å²) in [5, 5.41) is 9.14. The maximum Gasteiger partial charge on any atom is 0.326 e. The molecule has 19 heavy (non-hydrogen) atoms. The highest BCUT2D eigenvalue weighted by Gasteiger charge is 2.37. The number of carbonyl (C=O) groups excluding carboxylic acids is 1. The van der Waals surface area contributed by atoms with Gasteiger partial charge in [0.05, 0.1) is 6.10 Å². The second-order valence-corrected chi connectivity index (χ2v) is 5.47. The summed E-state index contributed by atoms with van der Waals surface area (Å²) in [5.41, 5.74) is 0. The summed E-state index contributed by atoms with van der Waals surface area (Å²) in [6.45, 7) is 2.46. The summed E-state index contributed by atoms with van der Waals surface area (Å²) >= 11 is 0. The van der Waals surface area contributed by atoms with Gasteiger partial charge in [0.25, 0.3) is 5.91 Å². The van der Waals surface area contributed by atoms with Crippen LogP contribution in [0.25, 0.3) is 0 Å². The molecule has 1 heterocycles. The number of nitrogens with zero attached hydrogens (tertiary/aromatic N) is 1. The van der Waals surface area contributed by atoms with E-state index < -0.39 is 18.1 Å². The molecule has 1 saturated carbocycles. The van der Waals surface area contributed by atoms with Crippen molar-refractivity contribution in [3.63, 3.8) is 0 Å². The van der Waals surface area contributed by atoms with Crippen molar-refractivity contribution in [1.29, 1.82) is 0 Å². The van der Waals surface area contributed by atoms with Crippen LogP contribution in [0.2, 0.25) is 0 Å². The molecule has 5 heteroatoms. The zero-order valence-electron chi connectivity index (χ0n) is 11.5. The fourth-order valence-electron chi connectivity index (χ4n) is 3.06. The van der Waals surface area contributed by atoms with Crippen molar-refractivity contribution in [3.05, 3.63) is 0 Å². The molecule has 0 aromatic carbocycles. The molecule has 1 amide bonds. The lowest BCUT2D eigenvalue weighted by atomic mass is 10.2. The van der Waals surface area contributed by atoms with Crippen molar-refractivity contribution in [1.82, 2.24) is 4.90 Å². The van der Waals surface area contributed by atoms with Crippen molar-refractivity contribution >= 4 is 11.9 Å². The minimum absolute atomic E-state index is 0.140. The Morgan fingerprint density at radius 3 is 2.53 bits per heavy atom. The Balaban J connectivity index is 1.96. The Kier molecular flexibility index (Phi) is 4.80. The number of carboxylic acid groups (broad SMARTS) is 1. The van der Waals surface area contributed by atoms with Crippen molar-refractivity contribution < 1.29 is 19.4 Å². The number of rotatable bonds is 5. The van der Waals surface area contributed by atoms with E-state index in [0.29, 0.717) is 19.4 Å². The molecule has 1 saturated heterocycles. The molecule has 2 unspecified atom stereocenters. The standard InChI is InChI=1S/C14H23NO4/c1-2-12(19-10-6-3-4-7-10)13(16)15-9-5-8-11(15)14(17)18/h10-12H,2-9H2,1H3,(H,17,18). The smallest absolute Gasteiger partial charge is 0.326 e. The van der Waals surface area contributed by atoms with Gasteiger partial charge in [-0.2, -0.15) is 0 Å². The number of carbonyl (C=O) groups is 2. The summed E-state index contributed by atoms with van der Waals surface area (Å²) in [6, 6.07) is -0.659. The number of amides is 1. The van der Waals surface area contributed by atoms with Crippen LogP contribution < -0.4 is 0 Å². The van der Waals surface area contributed by atoms with Gasteiger partial charge in [0, 0.05) is 6.54 Å². The largest absolute Gasteiger partial charge is 0.480 e. The Bertz CT molecular complexity index is 338. The lowest BCUT2D eigenvalue weighted by molar-refractivity contribution is -0.156. The van der Waals surface area contributed by atoms with Crippen LogP contribution >= 0.6 is 0 Å². The second kappa shape index (κ2) is 6.37. The molecular weight excluding hydrogens is 246 g/mol. The zero-order chi connectivity index (χ0) is 13.8. The van der Waals surface area contributed by atoms with Crippen LogP contribution in [0.5, 0.6) is 0 Å². The molecule has 5 nitrogen and oxygen atoms in total. The van der Waals surface area contributed by atoms with E-state index in [2.05, 4.69) is 0 Å². The normalized spacial score (nSPS) is 25.7. The minimum atomic E-state index is -0.901. The second-order valence-electron chi connectivity index (χ2n) is 5.47. The summed E-state index contributed by atoms with van der Waals surface area (Å²) in [7, 11) is 0. The molecular formula is C14H23NO4. The van der Waals surface area contributed by atoms with Crippen LogP contribution in [-0.4, -0.2) is 46.7 Å². The predicted molar refractivity (Wildman–Crippen MR) is 69.8 cm³/mol. The number of hydrogen-bond acceptors (Lipinski definition) is 3. The molecule has 2 fully saturated rings. The average Bonchev–Trinajstić information content (AvgIpc) is 3.05. The third-order valence-corrected chi connectivity index (χ3v) is 4.13. The molecule has 1 N–H and O–H groups in total. The Hall–Kier alpha value is -1.10. The van der Waals surface area contributed by atoms with E-state index in [0.717, 1.165) is 32.1 Å². The summed E-state index contributed by atoms with van der Waals surface area (Å²) < 4.78 is 5.88. The molecule has 0 bridgehead atoms. The fourth-order valence-corrected chi connectivity index (χ4v) is 3.06. The summed E-state index contributed by atoms with van der Waals surface area (Å²) in [6.07, 6.45) is 6.01. The SMILES string of the molecule is CCC(OC1CCCC1)C(=O)N1CCCC1C(=O)O. The van der Waals surface area contributed by atoms with Crippen LogP contribution in [0.1, 0.15) is 51.9 Å². The molecule has 2 atom stereocenters. The quantitative estimate of drug-likeness (QED) is 0.826. The predicted octanol–water partition coefficient (Wildman–Crippen LogP) is 1.80. The van der Waals surface area contributed by atoms with Crippen LogP contribution in [-0.2, 0) is 14.3 Å². The highest BCUT2D eigenvalue weighted by atomic mass is 16.5. The van der Waals surface area contributed by atoms with Crippen molar-refractivity contribution in [2.45, 2.75) is 70.1 Å². The lowest BCUT2D eigenvalue weighted by Crippen LogP contribution is -2.46. The van der Waals surface area contributed by atoms with Gasteiger partial charge in [-0.25, -0.2) is 4.79 Å². The van der Waals surface area contributed by atoms with Gasteiger partial charge >= 0.3 is 5.97 Å². The minimum Gasteiger partial charge on any atom is -0.480 e. The van der Waals surface area contributed by atoms with Gasteiger partial charge in [-0.15, -0.1) is 0 Å².